The summed E-state index contributed by atoms with van der Waals surface area (Å²) in [4.78, 5) is 0. The Labute approximate surface area is 297 Å². The Bertz CT molecular complexity index is 2110. The lowest BCUT2D eigenvalue weighted by molar-refractivity contribution is 0.111. The zero-order valence-corrected chi connectivity index (χ0v) is 29.5. The third-order valence-corrected chi connectivity index (χ3v) is 13.9. The van der Waals surface area contributed by atoms with Gasteiger partial charge in [-0.05, 0) is 65.0 Å². The third-order valence-electron chi connectivity index (χ3n) is 9.38. The summed E-state index contributed by atoms with van der Waals surface area (Å²) in [5.74, 6) is 0.862. The highest BCUT2D eigenvalue weighted by Crippen LogP contribution is 2.46. The van der Waals surface area contributed by atoms with E-state index in [1.54, 1.807) is 0 Å². The molecular formula is C46H38O2P2. The van der Waals surface area contributed by atoms with Crippen molar-refractivity contribution in [2.45, 2.75) is 12.0 Å². The Balaban J connectivity index is 1.20. The molecule has 0 N–H and O–H groups in total. The lowest BCUT2D eigenvalue weighted by Crippen LogP contribution is -2.27. The molecule has 1 aliphatic rings. The maximum atomic E-state index is 7.14. The van der Waals surface area contributed by atoms with Gasteiger partial charge in [0.05, 0.1) is 12.5 Å². The van der Waals surface area contributed by atoms with E-state index in [-0.39, 0.29) is 12.0 Å². The van der Waals surface area contributed by atoms with Gasteiger partial charge >= 0.3 is 0 Å². The average molecular weight is 685 g/mol. The van der Waals surface area contributed by atoms with Crippen molar-refractivity contribution in [3.05, 3.63) is 205 Å². The van der Waals surface area contributed by atoms with E-state index in [0.717, 1.165) is 5.75 Å². The standard InChI is InChI=1S/C46H38O2P2/c1-5-19-37(20-6-1)49(38-21-7-2-8-22-38)33-47-43-31-29-35-17-13-15-27-41(35)45(43)46-42-28-16-14-18-36(42)30-32-44(46)48-34-50(39-23-9-3-10-24-39)40-25-11-4-12-26-40/h1-32,43,45H,33-34H2. The highest BCUT2D eigenvalue weighted by molar-refractivity contribution is 7.73. The first-order chi connectivity index (χ1) is 24.8. The molecular weight excluding hydrogens is 646 g/mol. The largest absolute Gasteiger partial charge is 0.488 e. The van der Waals surface area contributed by atoms with E-state index in [0.29, 0.717) is 12.7 Å². The molecule has 4 heteroatoms. The van der Waals surface area contributed by atoms with E-state index in [1.807, 2.05) is 0 Å². The van der Waals surface area contributed by atoms with Crippen molar-refractivity contribution in [1.82, 2.24) is 0 Å². The molecule has 0 bridgehead atoms. The number of benzene rings is 7. The molecule has 1 aliphatic carbocycles. The Morgan fingerprint density at radius 3 is 1.56 bits per heavy atom. The zero-order chi connectivity index (χ0) is 33.5. The van der Waals surface area contributed by atoms with Crippen LogP contribution in [0.3, 0.4) is 0 Å². The quantitative estimate of drug-likeness (QED) is 0.126. The molecule has 0 spiro atoms. The molecule has 244 valence electrons. The van der Waals surface area contributed by atoms with Crippen LogP contribution >= 0.6 is 15.8 Å². The Morgan fingerprint density at radius 2 is 0.960 bits per heavy atom. The molecule has 2 atom stereocenters. The molecule has 50 heavy (non-hydrogen) atoms. The fourth-order valence-corrected chi connectivity index (χ4v) is 10.9. The molecule has 2 nitrogen and oxygen atoms in total. The van der Waals surface area contributed by atoms with Gasteiger partial charge in [0.25, 0.3) is 0 Å². The second-order valence-corrected chi connectivity index (χ2v) is 16.7. The first-order valence-electron chi connectivity index (χ1n) is 17.1. The SMILES string of the molecule is C1=CC(OCP(c2ccccc2)c2ccccc2)C(c2c(OCP(c3ccccc3)c3ccccc3)ccc3ccccc23)c2ccccc21. The average Bonchev–Trinajstić information content (AvgIpc) is 3.19. The molecule has 0 amide bonds. The topological polar surface area (TPSA) is 18.5 Å². The van der Waals surface area contributed by atoms with E-state index in [4.69, 9.17) is 9.47 Å². The summed E-state index contributed by atoms with van der Waals surface area (Å²) in [5, 5.41) is 7.64. The lowest BCUT2D eigenvalue weighted by atomic mass is 9.78. The molecule has 0 saturated carbocycles. The van der Waals surface area contributed by atoms with Crippen LogP contribution in [0.2, 0.25) is 0 Å². The van der Waals surface area contributed by atoms with E-state index in [9.17, 15) is 0 Å². The maximum absolute atomic E-state index is 7.14. The van der Waals surface area contributed by atoms with Crippen LogP contribution in [0, 0.1) is 0 Å². The first kappa shape index (κ1) is 32.4. The molecule has 0 aliphatic heterocycles. The predicted octanol–water partition coefficient (Wildman–Crippen LogP) is 9.94. The van der Waals surface area contributed by atoms with Gasteiger partial charge in [0.15, 0.2) is 0 Å². The van der Waals surface area contributed by atoms with Crippen molar-refractivity contribution in [3.63, 3.8) is 0 Å². The van der Waals surface area contributed by atoms with Gasteiger partial charge in [0, 0.05) is 11.5 Å². The first-order valence-corrected chi connectivity index (χ1v) is 20.2. The molecule has 7 aromatic rings. The van der Waals surface area contributed by atoms with Gasteiger partial charge in [-0.2, -0.15) is 0 Å². The monoisotopic (exact) mass is 684 g/mol. The van der Waals surface area contributed by atoms with Gasteiger partial charge in [-0.25, -0.2) is 0 Å². The summed E-state index contributed by atoms with van der Waals surface area (Å²) in [5.41, 5.74) is 3.67. The van der Waals surface area contributed by atoms with Gasteiger partial charge in [-0.1, -0.05) is 188 Å². The van der Waals surface area contributed by atoms with Crippen molar-refractivity contribution >= 4 is 53.9 Å². The minimum Gasteiger partial charge on any atom is -0.488 e. The van der Waals surface area contributed by atoms with Crippen LogP contribution in [0.25, 0.3) is 16.8 Å². The fraction of sp³-hybridized carbons (Fsp3) is 0.0870. The summed E-state index contributed by atoms with van der Waals surface area (Å²) in [6.45, 7) is 0. The maximum Gasteiger partial charge on any atom is 0.124 e. The molecule has 0 saturated heterocycles. The smallest absolute Gasteiger partial charge is 0.124 e. The summed E-state index contributed by atoms with van der Waals surface area (Å²) >= 11 is 0. The van der Waals surface area contributed by atoms with Crippen molar-refractivity contribution < 1.29 is 9.47 Å². The van der Waals surface area contributed by atoms with E-state index >= 15 is 0 Å². The molecule has 0 heterocycles. The molecule has 2 unspecified atom stereocenters. The number of hydrogen-bond acceptors (Lipinski definition) is 2. The predicted molar refractivity (Wildman–Crippen MR) is 215 cm³/mol. The number of rotatable bonds is 11. The normalized spacial score (nSPS) is 15.3. The van der Waals surface area contributed by atoms with Crippen LogP contribution in [0.4, 0.5) is 0 Å². The Morgan fingerprint density at radius 1 is 0.460 bits per heavy atom. The van der Waals surface area contributed by atoms with Crippen LogP contribution in [0.15, 0.2) is 188 Å². The van der Waals surface area contributed by atoms with E-state index < -0.39 is 15.8 Å². The van der Waals surface area contributed by atoms with Crippen LogP contribution in [-0.4, -0.2) is 18.8 Å². The number of hydrogen-bond donors (Lipinski definition) is 0. The van der Waals surface area contributed by atoms with E-state index in [2.05, 4.69) is 194 Å². The summed E-state index contributed by atoms with van der Waals surface area (Å²) in [7, 11) is -1.47. The summed E-state index contributed by atoms with van der Waals surface area (Å²) in [6, 6.07) is 65.1. The van der Waals surface area contributed by atoms with Crippen LogP contribution in [-0.2, 0) is 4.74 Å². The third kappa shape index (κ3) is 6.94. The number of fused-ring (bicyclic) bond motifs is 2. The van der Waals surface area contributed by atoms with Crippen LogP contribution in [0.1, 0.15) is 22.6 Å². The molecule has 7 aromatic carbocycles. The second-order valence-electron chi connectivity index (χ2n) is 12.4. The lowest BCUT2D eigenvalue weighted by Gasteiger charge is -2.34. The molecule has 0 aromatic heterocycles. The van der Waals surface area contributed by atoms with Crippen LogP contribution in [0.5, 0.6) is 5.75 Å². The van der Waals surface area contributed by atoms with Gasteiger partial charge in [-0.3, -0.25) is 0 Å². The van der Waals surface area contributed by atoms with Gasteiger partial charge in [0.2, 0.25) is 0 Å². The highest BCUT2D eigenvalue weighted by Gasteiger charge is 2.33. The van der Waals surface area contributed by atoms with Gasteiger partial charge in [-0.15, -0.1) is 0 Å². The Hall–Kier alpha value is -4.84. The summed E-state index contributed by atoms with van der Waals surface area (Å²) in [6.07, 6.45) is 5.52. The van der Waals surface area contributed by atoms with Crippen molar-refractivity contribution in [1.29, 1.82) is 0 Å². The molecule has 0 radical (unpaired) electrons. The number of ether oxygens (including phenoxy) is 2. The summed E-state index contributed by atoms with van der Waals surface area (Å²) < 4.78 is 14.2. The van der Waals surface area contributed by atoms with Crippen molar-refractivity contribution in [2.24, 2.45) is 0 Å². The molecule has 0 fully saturated rings. The van der Waals surface area contributed by atoms with Crippen molar-refractivity contribution in [2.75, 3.05) is 12.7 Å². The Kier molecular flexibility index (Phi) is 9.95. The van der Waals surface area contributed by atoms with E-state index in [1.165, 1.54) is 48.7 Å². The highest BCUT2D eigenvalue weighted by atomic mass is 31.1. The minimum absolute atomic E-state index is 0.0552. The van der Waals surface area contributed by atoms with Crippen LogP contribution < -0.4 is 26.0 Å². The minimum atomic E-state index is -0.743. The second kappa shape index (κ2) is 15.4. The molecule has 8 rings (SSSR count). The van der Waals surface area contributed by atoms with Crippen molar-refractivity contribution in [3.8, 4) is 5.75 Å². The fourth-order valence-electron chi connectivity index (χ4n) is 6.95. The zero-order valence-electron chi connectivity index (χ0n) is 27.8. The van der Waals surface area contributed by atoms with Gasteiger partial charge < -0.3 is 9.47 Å². The van der Waals surface area contributed by atoms with Gasteiger partial charge in [0.1, 0.15) is 12.1 Å².